The molecule has 2 rings (SSSR count). The molecule has 2 aromatic rings. The van der Waals surface area contributed by atoms with Crippen molar-refractivity contribution in [2.24, 2.45) is 5.10 Å². The number of carbonyl (C=O) groups excluding carboxylic acids is 2. The SMILES string of the molecule is Cc1ccc(C(=O)NCC(=O)N/N=C/c2ccc(O)cc2O)cc1. The number of phenolic OH excluding ortho intramolecular Hbond substituents is 2. The second-order valence-corrected chi connectivity index (χ2v) is 5.09. The summed E-state index contributed by atoms with van der Waals surface area (Å²) in [7, 11) is 0. The van der Waals surface area contributed by atoms with Crippen LogP contribution in [0.15, 0.2) is 47.6 Å². The minimum Gasteiger partial charge on any atom is -0.508 e. The van der Waals surface area contributed by atoms with Crippen LogP contribution in [0.1, 0.15) is 21.5 Å². The van der Waals surface area contributed by atoms with Gasteiger partial charge in [-0.05, 0) is 31.2 Å². The van der Waals surface area contributed by atoms with Gasteiger partial charge >= 0.3 is 0 Å². The molecule has 0 atom stereocenters. The van der Waals surface area contributed by atoms with E-state index in [1.165, 1.54) is 18.3 Å². The lowest BCUT2D eigenvalue weighted by atomic mass is 10.1. The Morgan fingerprint density at radius 1 is 1.12 bits per heavy atom. The molecule has 0 aliphatic rings. The fourth-order valence-corrected chi connectivity index (χ4v) is 1.82. The number of hydrazone groups is 1. The third kappa shape index (κ3) is 4.84. The second-order valence-electron chi connectivity index (χ2n) is 5.09. The lowest BCUT2D eigenvalue weighted by Crippen LogP contribution is -2.34. The average molecular weight is 327 g/mol. The number of hydrogen-bond acceptors (Lipinski definition) is 5. The van der Waals surface area contributed by atoms with Crippen LogP contribution in [0.2, 0.25) is 0 Å². The van der Waals surface area contributed by atoms with E-state index in [0.29, 0.717) is 11.1 Å². The molecule has 0 unspecified atom stereocenters. The van der Waals surface area contributed by atoms with Crippen molar-refractivity contribution >= 4 is 18.0 Å². The Balaban J connectivity index is 1.81. The van der Waals surface area contributed by atoms with Crippen molar-refractivity contribution in [1.29, 1.82) is 0 Å². The number of nitrogens with zero attached hydrogens (tertiary/aromatic N) is 1. The van der Waals surface area contributed by atoms with Crippen molar-refractivity contribution in [3.05, 3.63) is 59.2 Å². The summed E-state index contributed by atoms with van der Waals surface area (Å²) in [5.41, 5.74) is 4.06. The number of aromatic hydroxyl groups is 2. The first-order valence-electron chi connectivity index (χ1n) is 7.14. The summed E-state index contributed by atoms with van der Waals surface area (Å²) in [5.74, 6) is -1.11. The maximum absolute atomic E-state index is 11.8. The van der Waals surface area contributed by atoms with Gasteiger partial charge in [-0.25, -0.2) is 5.43 Å². The lowest BCUT2D eigenvalue weighted by molar-refractivity contribution is -0.120. The number of amides is 2. The highest BCUT2D eigenvalue weighted by Gasteiger charge is 2.07. The lowest BCUT2D eigenvalue weighted by Gasteiger charge is -2.04. The number of aryl methyl sites for hydroxylation is 1. The van der Waals surface area contributed by atoms with Crippen molar-refractivity contribution in [3.63, 3.8) is 0 Å². The Hall–Kier alpha value is -3.35. The molecule has 0 aliphatic carbocycles. The highest BCUT2D eigenvalue weighted by atomic mass is 16.3. The van der Waals surface area contributed by atoms with E-state index in [9.17, 15) is 14.7 Å². The van der Waals surface area contributed by atoms with Crippen LogP contribution in [0.4, 0.5) is 0 Å². The number of nitrogens with one attached hydrogen (secondary N) is 2. The first-order chi connectivity index (χ1) is 11.5. The van der Waals surface area contributed by atoms with Crippen molar-refractivity contribution in [2.75, 3.05) is 6.54 Å². The highest BCUT2D eigenvalue weighted by Crippen LogP contribution is 2.20. The predicted molar refractivity (Wildman–Crippen MR) is 89.0 cm³/mol. The Bertz CT molecular complexity index is 770. The summed E-state index contributed by atoms with van der Waals surface area (Å²) in [4.78, 5) is 23.5. The van der Waals surface area contributed by atoms with Gasteiger partial charge in [0.05, 0.1) is 12.8 Å². The summed E-state index contributed by atoms with van der Waals surface area (Å²) in [6.07, 6.45) is 1.23. The van der Waals surface area contributed by atoms with Gasteiger partial charge in [0.15, 0.2) is 0 Å². The number of phenols is 2. The zero-order chi connectivity index (χ0) is 17.5. The molecular formula is C17H17N3O4. The molecule has 7 heteroatoms. The molecule has 24 heavy (non-hydrogen) atoms. The van der Waals surface area contributed by atoms with Gasteiger partial charge in [0.1, 0.15) is 11.5 Å². The number of rotatable bonds is 5. The fraction of sp³-hybridized carbons (Fsp3) is 0.118. The molecule has 2 amide bonds. The molecule has 0 saturated carbocycles. The minimum absolute atomic E-state index is 0.0764. The Kier molecular flexibility index (Phi) is 5.51. The number of carbonyl (C=O) groups is 2. The van der Waals surface area contributed by atoms with Gasteiger partial charge in [-0.2, -0.15) is 5.10 Å². The normalized spacial score (nSPS) is 10.5. The fourth-order valence-electron chi connectivity index (χ4n) is 1.82. The van der Waals surface area contributed by atoms with Crippen LogP contribution in [-0.2, 0) is 4.79 Å². The molecular weight excluding hydrogens is 310 g/mol. The summed E-state index contributed by atoms with van der Waals surface area (Å²) in [6.45, 7) is 1.69. The molecule has 7 nitrogen and oxygen atoms in total. The summed E-state index contributed by atoms with van der Waals surface area (Å²) in [6, 6.07) is 10.9. The van der Waals surface area contributed by atoms with E-state index in [0.717, 1.165) is 11.6 Å². The van der Waals surface area contributed by atoms with E-state index in [1.54, 1.807) is 12.1 Å². The van der Waals surface area contributed by atoms with Crippen molar-refractivity contribution in [3.8, 4) is 11.5 Å². The van der Waals surface area contributed by atoms with Crippen molar-refractivity contribution < 1.29 is 19.8 Å². The van der Waals surface area contributed by atoms with Crippen LogP contribution >= 0.6 is 0 Å². The summed E-state index contributed by atoms with van der Waals surface area (Å²) in [5, 5.41) is 24.9. The minimum atomic E-state index is -0.509. The zero-order valence-corrected chi connectivity index (χ0v) is 13.0. The van der Waals surface area contributed by atoms with Gasteiger partial charge < -0.3 is 15.5 Å². The zero-order valence-electron chi connectivity index (χ0n) is 13.0. The molecule has 0 spiro atoms. The van der Waals surface area contributed by atoms with Gasteiger partial charge in [-0.1, -0.05) is 17.7 Å². The third-order valence-corrected chi connectivity index (χ3v) is 3.13. The van der Waals surface area contributed by atoms with Crippen LogP contribution in [0.5, 0.6) is 11.5 Å². The average Bonchev–Trinajstić information content (AvgIpc) is 2.55. The van der Waals surface area contributed by atoms with E-state index >= 15 is 0 Å². The van der Waals surface area contributed by atoms with Crippen LogP contribution < -0.4 is 10.7 Å². The highest BCUT2D eigenvalue weighted by molar-refractivity contribution is 5.96. The van der Waals surface area contributed by atoms with Gasteiger partial charge in [-0.15, -0.1) is 0 Å². The maximum Gasteiger partial charge on any atom is 0.259 e. The predicted octanol–water partition coefficient (Wildman–Crippen LogP) is 1.29. The topological polar surface area (TPSA) is 111 Å². The van der Waals surface area contributed by atoms with E-state index in [2.05, 4.69) is 15.8 Å². The van der Waals surface area contributed by atoms with Gasteiger partial charge in [0.25, 0.3) is 11.8 Å². The summed E-state index contributed by atoms with van der Waals surface area (Å²) >= 11 is 0. The van der Waals surface area contributed by atoms with Crippen molar-refractivity contribution in [2.45, 2.75) is 6.92 Å². The number of benzene rings is 2. The number of hydrogen-bond donors (Lipinski definition) is 4. The Labute approximate surface area is 138 Å². The van der Waals surface area contributed by atoms with E-state index in [-0.39, 0.29) is 24.0 Å². The molecule has 0 saturated heterocycles. The Morgan fingerprint density at radius 2 is 1.83 bits per heavy atom. The first-order valence-corrected chi connectivity index (χ1v) is 7.14. The van der Waals surface area contributed by atoms with Gasteiger partial charge in [0, 0.05) is 17.2 Å². The quantitative estimate of drug-likeness (QED) is 0.490. The van der Waals surface area contributed by atoms with Crippen molar-refractivity contribution in [1.82, 2.24) is 10.7 Å². The standard InChI is InChI=1S/C17H17N3O4/c1-11-2-4-12(5-3-11)17(24)18-10-16(23)20-19-9-13-6-7-14(21)8-15(13)22/h2-9,21-22H,10H2,1H3,(H,18,24)(H,20,23)/b19-9+. The first kappa shape index (κ1) is 17.0. The van der Waals surface area contributed by atoms with E-state index in [1.807, 2.05) is 19.1 Å². The van der Waals surface area contributed by atoms with Crippen LogP contribution in [-0.4, -0.2) is 34.8 Å². The molecule has 0 heterocycles. The maximum atomic E-state index is 11.8. The second kappa shape index (κ2) is 7.77. The van der Waals surface area contributed by atoms with Crippen LogP contribution in [0.3, 0.4) is 0 Å². The molecule has 0 aromatic heterocycles. The molecule has 4 N–H and O–H groups in total. The molecule has 2 aromatic carbocycles. The molecule has 0 aliphatic heterocycles. The molecule has 0 fully saturated rings. The smallest absolute Gasteiger partial charge is 0.259 e. The monoisotopic (exact) mass is 327 g/mol. The molecule has 0 radical (unpaired) electrons. The largest absolute Gasteiger partial charge is 0.508 e. The van der Waals surface area contributed by atoms with Crippen LogP contribution in [0.25, 0.3) is 0 Å². The molecule has 0 bridgehead atoms. The third-order valence-electron chi connectivity index (χ3n) is 3.13. The summed E-state index contributed by atoms with van der Waals surface area (Å²) < 4.78 is 0. The van der Waals surface area contributed by atoms with Gasteiger partial charge in [0.2, 0.25) is 0 Å². The van der Waals surface area contributed by atoms with E-state index < -0.39 is 5.91 Å². The molecule has 124 valence electrons. The van der Waals surface area contributed by atoms with Crippen LogP contribution in [0, 0.1) is 6.92 Å². The van der Waals surface area contributed by atoms with Gasteiger partial charge in [-0.3, -0.25) is 9.59 Å². The Morgan fingerprint density at radius 3 is 2.50 bits per heavy atom. The van der Waals surface area contributed by atoms with E-state index in [4.69, 9.17) is 5.11 Å².